The third-order valence-corrected chi connectivity index (χ3v) is 3.76. The van der Waals surface area contributed by atoms with Crippen molar-refractivity contribution < 1.29 is 14.0 Å². The van der Waals surface area contributed by atoms with Crippen LogP contribution in [0.15, 0.2) is 42.5 Å². The fraction of sp³-hybridized carbons (Fsp3) is 0.176. The van der Waals surface area contributed by atoms with Crippen molar-refractivity contribution in [3.8, 4) is 0 Å². The van der Waals surface area contributed by atoms with Crippen LogP contribution in [0.3, 0.4) is 0 Å². The predicted molar refractivity (Wildman–Crippen MR) is 82.2 cm³/mol. The highest BCUT2D eigenvalue weighted by Crippen LogP contribution is 2.34. The molecule has 22 heavy (non-hydrogen) atoms. The predicted octanol–water partition coefficient (Wildman–Crippen LogP) is 3.20. The summed E-state index contributed by atoms with van der Waals surface area (Å²) in [5.74, 6) is -1.28. The fourth-order valence-corrected chi connectivity index (χ4v) is 2.63. The first-order valence-corrected chi connectivity index (χ1v) is 7.00. The summed E-state index contributed by atoms with van der Waals surface area (Å²) in [5, 5.41) is 5.50. The van der Waals surface area contributed by atoms with Crippen molar-refractivity contribution in [1.82, 2.24) is 0 Å². The Bertz CT molecular complexity index is 758. The van der Waals surface area contributed by atoms with Crippen LogP contribution in [0.2, 0.25) is 0 Å². The standard InChI is InChI=1S/C17H15FN2O2/c1-10-8-11(18)6-7-14(10)19-16(21)9-13-12-4-2-3-5-15(12)20-17(13)22/h2-8,13H,9H2,1H3,(H,19,21)(H,20,22). The SMILES string of the molecule is Cc1cc(F)ccc1NC(=O)CC1C(=O)Nc2ccccc21. The number of fused-ring (bicyclic) bond motifs is 1. The lowest BCUT2D eigenvalue weighted by molar-refractivity contribution is -0.122. The monoisotopic (exact) mass is 298 g/mol. The first-order chi connectivity index (χ1) is 10.5. The highest BCUT2D eigenvalue weighted by Gasteiger charge is 2.31. The zero-order valence-electron chi connectivity index (χ0n) is 12.0. The second kappa shape index (κ2) is 5.60. The third-order valence-electron chi connectivity index (χ3n) is 3.76. The average Bonchev–Trinajstić information content (AvgIpc) is 2.78. The minimum Gasteiger partial charge on any atom is -0.326 e. The topological polar surface area (TPSA) is 58.2 Å². The molecule has 0 saturated carbocycles. The highest BCUT2D eigenvalue weighted by atomic mass is 19.1. The lowest BCUT2D eigenvalue weighted by atomic mass is 9.97. The molecule has 1 aliphatic rings. The van der Waals surface area contributed by atoms with Crippen LogP contribution < -0.4 is 10.6 Å². The van der Waals surface area contributed by atoms with E-state index < -0.39 is 5.92 Å². The Labute approximate surface area is 127 Å². The summed E-state index contributed by atoms with van der Waals surface area (Å²) < 4.78 is 13.1. The maximum absolute atomic E-state index is 13.1. The number of para-hydroxylation sites is 1. The Morgan fingerprint density at radius 1 is 1.27 bits per heavy atom. The number of rotatable bonds is 3. The first kappa shape index (κ1) is 14.3. The molecule has 4 nitrogen and oxygen atoms in total. The van der Waals surface area contributed by atoms with E-state index in [0.717, 1.165) is 11.3 Å². The molecule has 5 heteroatoms. The lowest BCUT2D eigenvalue weighted by Gasteiger charge is -2.11. The molecule has 0 spiro atoms. The van der Waals surface area contributed by atoms with Gasteiger partial charge in [-0.3, -0.25) is 9.59 Å². The summed E-state index contributed by atoms with van der Waals surface area (Å²) in [6.45, 7) is 1.72. The van der Waals surface area contributed by atoms with E-state index in [0.29, 0.717) is 11.3 Å². The number of halogens is 1. The number of aryl methyl sites for hydroxylation is 1. The van der Waals surface area contributed by atoms with Crippen molar-refractivity contribution >= 4 is 23.2 Å². The maximum atomic E-state index is 13.1. The fourth-order valence-electron chi connectivity index (χ4n) is 2.63. The molecule has 2 aromatic rings. The number of benzene rings is 2. The molecule has 1 atom stereocenters. The number of nitrogens with one attached hydrogen (secondary N) is 2. The molecule has 0 saturated heterocycles. The number of amides is 2. The van der Waals surface area contributed by atoms with Crippen molar-refractivity contribution in [2.75, 3.05) is 10.6 Å². The molecule has 112 valence electrons. The summed E-state index contributed by atoms with van der Waals surface area (Å²) in [7, 11) is 0. The summed E-state index contributed by atoms with van der Waals surface area (Å²) in [6, 6.07) is 11.5. The average molecular weight is 298 g/mol. The van der Waals surface area contributed by atoms with Crippen molar-refractivity contribution in [3.05, 3.63) is 59.4 Å². The molecule has 0 fully saturated rings. The van der Waals surface area contributed by atoms with Gasteiger partial charge in [0.05, 0.1) is 5.92 Å². The van der Waals surface area contributed by atoms with Crippen LogP contribution in [0.25, 0.3) is 0 Å². The van der Waals surface area contributed by atoms with Crippen LogP contribution in [0.4, 0.5) is 15.8 Å². The van der Waals surface area contributed by atoms with Crippen LogP contribution in [0.5, 0.6) is 0 Å². The van der Waals surface area contributed by atoms with E-state index >= 15 is 0 Å². The van der Waals surface area contributed by atoms with Crippen LogP contribution in [-0.4, -0.2) is 11.8 Å². The molecule has 3 rings (SSSR count). The Morgan fingerprint density at radius 2 is 2.05 bits per heavy atom. The van der Waals surface area contributed by atoms with Gasteiger partial charge in [-0.15, -0.1) is 0 Å². The Kier molecular flexibility index (Phi) is 3.63. The number of carbonyl (C=O) groups is 2. The molecule has 0 aliphatic carbocycles. The number of carbonyl (C=O) groups excluding carboxylic acids is 2. The number of hydrogen-bond donors (Lipinski definition) is 2. The minimum absolute atomic E-state index is 0.0552. The Morgan fingerprint density at radius 3 is 2.82 bits per heavy atom. The Balaban J connectivity index is 1.73. The van der Waals surface area contributed by atoms with Crippen LogP contribution in [0.1, 0.15) is 23.5 Å². The molecular weight excluding hydrogens is 283 g/mol. The second-order valence-corrected chi connectivity index (χ2v) is 5.34. The van der Waals surface area contributed by atoms with E-state index in [2.05, 4.69) is 10.6 Å². The molecular formula is C17H15FN2O2. The van der Waals surface area contributed by atoms with E-state index in [4.69, 9.17) is 0 Å². The van der Waals surface area contributed by atoms with E-state index in [-0.39, 0.29) is 24.1 Å². The molecule has 2 aromatic carbocycles. The van der Waals surface area contributed by atoms with Gasteiger partial charge in [0.15, 0.2) is 0 Å². The summed E-state index contributed by atoms with van der Waals surface area (Å²) in [5.41, 5.74) is 2.78. The van der Waals surface area contributed by atoms with Gasteiger partial charge in [-0.25, -0.2) is 4.39 Å². The molecule has 2 amide bonds. The molecule has 0 bridgehead atoms. The zero-order valence-corrected chi connectivity index (χ0v) is 12.0. The summed E-state index contributed by atoms with van der Waals surface area (Å²) in [4.78, 5) is 24.2. The quantitative estimate of drug-likeness (QED) is 0.914. The van der Waals surface area contributed by atoms with Gasteiger partial charge in [0.25, 0.3) is 0 Å². The number of hydrogen-bond acceptors (Lipinski definition) is 2. The lowest BCUT2D eigenvalue weighted by Crippen LogP contribution is -2.20. The van der Waals surface area contributed by atoms with Gasteiger partial charge in [-0.2, -0.15) is 0 Å². The van der Waals surface area contributed by atoms with E-state index in [1.54, 1.807) is 6.92 Å². The van der Waals surface area contributed by atoms with Gasteiger partial charge in [0, 0.05) is 17.8 Å². The minimum atomic E-state index is -0.489. The smallest absolute Gasteiger partial charge is 0.232 e. The van der Waals surface area contributed by atoms with Gasteiger partial charge in [-0.1, -0.05) is 18.2 Å². The van der Waals surface area contributed by atoms with E-state index in [9.17, 15) is 14.0 Å². The van der Waals surface area contributed by atoms with Gasteiger partial charge in [-0.05, 0) is 42.3 Å². The maximum Gasteiger partial charge on any atom is 0.232 e. The molecule has 0 radical (unpaired) electrons. The molecule has 1 aliphatic heterocycles. The molecule has 0 aromatic heterocycles. The van der Waals surface area contributed by atoms with Crippen LogP contribution >= 0.6 is 0 Å². The van der Waals surface area contributed by atoms with Gasteiger partial charge in [0.1, 0.15) is 5.82 Å². The zero-order chi connectivity index (χ0) is 15.7. The number of anilines is 2. The third kappa shape index (κ3) is 2.70. The van der Waals surface area contributed by atoms with Crippen molar-refractivity contribution in [2.24, 2.45) is 0 Å². The molecule has 1 unspecified atom stereocenters. The van der Waals surface area contributed by atoms with Gasteiger partial charge < -0.3 is 10.6 Å². The molecule has 2 N–H and O–H groups in total. The second-order valence-electron chi connectivity index (χ2n) is 5.34. The summed E-state index contributed by atoms with van der Waals surface area (Å²) in [6.07, 6.45) is 0.0552. The van der Waals surface area contributed by atoms with Crippen molar-refractivity contribution in [3.63, 3.8) is 0 Å². The summed E-state index contributed by atoms with van der Waals surface area (Å²) >= 11 is 0. The van der Waals surface area contributed by atoms with Crippen LogP contribution in [-0.2, 0) is 9.59 Å². The van der Waals surface area contributed by atoms with Crippen molar-refractivity contribution in [2.45, 2.75) is 19.3 Å². The largest absolute Gasteiger partial charge is 0.326 e. The van der Waals surface area contributed by atoms with Crippen molar-refractivity contribution in [1.29, 1.82) is 0 Å². The molecule has 1 heterocycles. The van der Waals surface area contributed by atoms with E-state index in [1.165, 1.54) is 18.2 Å². The van der Waals surface area contributed by atoms with Gasteiger partial charge in [0.2, 0.25) is 11.8 Å². The highest BCUT2D eigenvalue weighted by molar-refractivity contribution is 6.06. The first-order valence-electron chi connectivity index (χ1n) is 7.00. The van der Waals surface area contributed by atoms with Gasteiger partial charge >= 0.3 is 0 Å². The van der Waals surface area contributed by atoms with Crippen LogP contribution in [0, 0.1) is 12.7 Å². The normalized spacial score (nSPS) is 16.1. The Hall–Kier alpha value is -2.69. The van der Waals surface area contributed by atoms with E-state index in [1.807, 2.05) is 24.3 Å².